The number of pyridine rings is 1. The number of ether oxygens (including phenoxy) is 2. The van der Waals surface area contributed by atoms with Crippen LogP contribution < -0.4 is 5.32 Å². The van der Waals surface area contributed by atoms with Crippen LogP contribution in [0.5, 0.6) is 0 Å². The molecule has 1 N–H and O–H groups in total. The summed E-state index contributed by atoms with van der Waals surface area (Å²) in [6.45, 7) is 7.38. The van der Waals surface area contributed by atoms with E-state index in [2.05, 4.69) is 15.3 Å². The topological polar surface area (TPSA) is 81.5 Å². The van der Waals surface area contributed by atoms with Gasteiger partial charge in [0.2, 0.25) is 0 Å². The number of hydrogen-bond donors (Lipinski definition) is 1. The summed E-state index contributed by atoms with van der Waals surface area (Å²) in [6.07, 6.45) is 4.73. The second-order valence-corrected chi connectivity index (χ2v) is 9.34. The van der Waals surface area contributed by atoms with Gasteiger partial charge in [-0.1, -0.05) is 23.2 Å². The van der Waals surface area contributed by atoms with E-state index in [1.807, 2.05) is 43.7 Å². The van der Waals surface area contributed by atoms with Gasteiger partial charge in [0.25, 0.3) is 0 Å². The molecule has 8 nitrogen and oxygen atoms in total. The van der Waals surface area contributed by atoms with Gasteiger partial charge in [-0.2, -0.15) is 0 Å². The van der Waals surface area contributed by atoms with E-state index >= 15 is 0 Å². The van der Waals surface area contributed by atoms with Crippen molar-refractivity contribution >= 4 is 46.0 Å². The molecule has 1 aliphatic heterocycles. The van der Waals surface area contributed by atoms with Gasteiger partial charge < -0.3 is 24.3 Å². The van der Waals surface area contributed by atoms with Gasteiger partial charge in [0.15, 0.2) is 0 Å². The molecule has 1 fully saturated rings. The zero-order valence-corrected chi connectivity index (χ0v) is 19.7. The first-order valence-corrected chi connectivity index (χ1v) is 11.1. The lowest BCUT2D eigenvalue weighted by atomic mass is 10.1. The van der Waals surface area contributed by atoms with Gasteiger partial charge in [0, 0.05) is 36.9 Å². The summed E-state index contributed by atoms with van der Waals surface area (Å²) >= 11 is 12.7. The molecular formula is C22H25Cl2N5O3. The maximum atomic E-state index is 12.4. The van der Waals surface area contributed by atoms with Crippen LogP contribution in [-0.4, -0.2) is 63.5 Å². The van der Waals surface area contributed by atoms with Gasteiger partial charge in [0.1, 0.15) is 11.4 Å². The molecule has 4 rings (SSSR count). The number of carbonyl (C=O) groups excluding carboxylic acids is 1. The smallest absolute Gasteiger partial charge is 0.410 e. The average Bonchev–Trinajstić information content (AvgIpc) is 3.28. The standard InChI is InChI=1S/C22H25Cl2N5O3/c1-22(2,3)32-21(30)28-8-9-31-14(12-28)11-26-18-10-17(29-7-6-25-13-29)15-4-5-16(23)19(24)20(15)27-18/h4-7,10,13-14H,8-9,11-12H2,1-3H3,(H,26,27). The number of nitrogens with one attached hydrogen (secondary N) is 1. The Morgan fingerprint density at radius 2 is 2.16 bits per heavy atom. The average molecular weight is 478 g/mol. The fourth-order valence-corrected chi connectivity index (χ4v) is 3.83. The lowest BCUT2D eigenvalue weighted by Crippen LogP contribution is -2.49. The Balaban J connectivity index is 1.53. The van der Waals surface area contributed by atoms with Gasteiger partial charge in [-0.25, -0.2) is 14.8 Å². The summed E-state index contributed by atoms with van der Waals surface area (Å²) in [6, 6.07) is 5.56. The van der Waals surface area contributed by atoms with Crippen molar-refractivity contribution in [3.8, 4) is 5.69 Å². The third-order valence-electron chi connectivity index (χ3n) is 4.93. The summed E-state index contributed by atoms with van der Waals surface area (Å²) in [7, 11) is 0. The Kier molecular flexibility index (Phi) is 6.46. The molecule has 3 aromatic rings. The fourth-order valence-electron chi connectivity index (χ4n) is 3.48. The van der Waals surface area contributed by atoms with Crippen molar-refractivity contribution < 1.29 is 14.3 Å². The summed E-state index contributed by atoms with van der Waals surface area (Å²) in [5.74, 6) is 0.614. The number of nitrogens with zero attached hydrogens (tertiary/aromatic N) is 4. The van der Waals surface area contributed by atoms with Crippen molar-refractivity contribution in [1.29, 1.82) is 0 Å². The molecule has 2 aromatic heterocycles. The molecule has 170 valence electrons. The van der Waals surface area contributed by atoms with Crippen molar-refractivity contribution in [2.75, 3.05) is 31.6 Å². The van der Waals surface area contributed by atoms with Crippen LogP contribution in [0.3, 0.4) is 0 Å². The van der Waals surface area contributed by atoms with Crippen LogP contribution in [0.4, 0.5) is 10.6 Å². The van der Waals surface area contributed by atoms with E-state index in [9.17, 15) is 4.79 Å². The summed E-state index contributed by atoms with van der Waals surface area (Å²) < 4.78 is 13.2. The summed E-state index contributed by atoms with van der Waals surface area (Å²) in [5.41, 5.74) is 0.920. The minimum atomic E-state index is -0.539. The first-order chi connectivity index (χ1) is 15.2. The fraction of sp³-hybridized carbons (Fsp3) is 0.409. The SMILES string of the molecule is CC(C)(C)OC(=O)N1CCOC(CNc2cc(-n3ccnc3)c3ccc(Cl)c(Cl)c3n2)C1. The number of carbonyl (C=O) groups is 1. The van der Waals surface area contributed by atoms with Crippen LogP contribution in [0.25, 0.3) is 16.6 Å². The summed E-state index contributed by atoms with van der Waals surface area (Å²) in [4.78, 5) is 22.9. The van der Waals surface area contributed by atoms with E-state index in [0.717, 1.165) is 11.1 Å². The zero-order valence-electron chi connectivity index (χ0n) is 18.1. The first kappa shape index (κ1) is 22.6. The number of benzene rings is 1. The van der Waals surface area contributed by atoms with E-state index in [4.69, 9.17) is 32.7 Å². The highest BCUT2D eigenvalue weighted by Gasteiger charge is 2.28. The highest BCUT2D eigenvalue weighted by molar-refractivity contribution is 6.45. The lowest BCUT2D eigenvalue weighted by molar-refractivity contribution is -0.0371. The Morgan fingerprint density at radius 1 is 1.34 bits per heavy atom. The molecule has 1 amide bonds. The molecule has 1 unspecified atom stereocenters. The Morgan fingerprint density at radius 3 is 2.88 bits per heavy atom. The third kappa shape index (κ3) is 5.09. The molecular weight excluding hydrogens is 453 g/mol. The molecule has 1 aromatic carbocycles. The van der Waals surface area contributed by atoms with Gasteiger partial charge in [-0.05, 0) is 32.9 Å². The Hall–Kier alpha value is -2.55. The first-order valence-electron chi connectivity index (χ1n) is 10.3. The molecule has 10 heteroatoms. The van der Waals surface area contributed by atoms with E-state index in [1.54, 1.807) is 23.5 Å². The number of anilines is 1. The maximum Gasteiger partial charge on any atom is 0.410 e. The van der Waals surface area contributed by atoms with E-state index in [0.29, 0.717) is 47.6 Å². The third-order valence-corrected chi connectivity index (χ3v) is 5.73. The predicted molar refractivity (Wildman–Crippen MR) is 125 cm³/mol. The number of halogens is 2. The second-order valence-electron chi connectivity index (χ2n) is 8.55. The molecule has 0 radical (unpaired) electrons. The number of rotatable bonds is 4. The largest absolute Gasteiger partial charge is 0.444 e. The zero-order chi connectivity index (χ0) is 22.9. The minimum Gasteiger partial charge on any atom is -0.444 e. The van der Waals surface area contributed by atoms with Crippen molar-refractivity contribution in [1.82, 2.24) is 19.4 Å². The number of fused-ring (bicyclic) bond motifs is 1. The monoisotopic (exact) mass is 477 g/mol. The Labute approximate surface area is 196 Å². The highest BCUT2D eigenvalue weighted by Crippen LogP contribution is 2.34. The highest BCUT2D eigenvalue weighted by atomic mass is 35.5. The molecule has 0 bridgehead atoms. The maximum absolute atomic E-state index is 12.4. The van der Waals surface area contributed by atoms with Crippen LogP contribution in [0, 0.1) is 0 Å². The van der Waals surface area contributed by atoms with Gasteiger partial charge in [-0.3, -0.25) is 0 Å². The molecule has 0 saturated carbocycles. The number of hydrogen-bond acceptors (Lipinski definition) is 6. The van der Waals surface area contributed by atoms with Crippen LogP contribution in [0.15, 0.2) is 36.9 Å². The van der Waals surface area contributed by atoms with Gasteiger partial charge in [0.05, 0.1) is 46.8 Å². The number of amides is 1. The van der Waals surface area contributed by atoms with E-state index in [1.165, 1.54) is 0 Å². The molecule has 3 heterocycles. The second kappa shape index (κ2) is 9.13. The molecule has 0 aliphatic carbocycles. The molecule has 32 heavy (non-hydrogen) atoms. The Bertz CT molecular complexity index is 1110. The van der Waals surface area contributed by atoms with Crippen molar-refractivity contribution in [2.24, 2.45) is 0 Å². The van der Waals surface area contributed by atoms with Crippen molar-refractivity contribution in [3.05, 3.63) is 47.0 Å². The van der Waals surface area contributed by atoms with Crippen molar-refractivity contribution in [2.45, 2.75) is 32.5 Å². The van der Waals surface area contributed by atoms with E-state index < -0.39 is 5.60 Å². The molecule has 1 saturated heterocycles. The quantitative estimate of drug-likeness (QED) is 0.582. The molecule has 0 spiro atoms. The van der Waals surface area contributed by atoms with Crippen LogP contribution >= 0.6 is 23.2 Å². The van der Waals surface area contributed by atoms with Crippen LogP contribution in [-0.2, 0) is 9.47 Å². The molecule has 1 aliphatic rings. The van der Waals surface area contributed by atoms with Gasteiger partial charge >= 0.3 is 6.09 Å². The van der Waals surface area contributed by atoms with E-state index in [-0.39, 0.29) is 12.2 Å². The summed E-state index contributed by atoms with van der Waals surface area (Å²) in [5, 5.41) is 4.99. The normalized spacial score (nSPS) is 16.9. The number of morpholine rings is 1. The number of aromatic nitrogens is 3. The van der Waals surface area contributed by atoms with Crippen LogP contribution in [0.2, 0.25) is 10.0 Å². The molecule has 1 atom stereocenters. The predicted octanol–water partition coefficient (Wildman–Crippen LogP) is 4.78. The number of imidazole rings is 1. The lowest BCUT2D eigenvalue weighted by Gasteiger charge is -2.34. The van der Waals surface area contributed by atoms with Gasteiger partial charge in [-0.15, -0.1) is 0 Å². The van der Waals surface area contributed by atoms with Crippen molar-refractivity contribution in [3.63, 3.8) is 0 Å². The minimum absolute atomic E-state index is 0.208. The van der Waals surface area contributed by atoms with Crippen LogP contribution in [0.1, 0.15) is 20.8 Å².